The second-order valence-electron chi connectivity index (χ2n) is 4.70. The number of halogens is 1. The summed E-state index contributed by atoms with van der Waals surface area (Å²) >= 11 is -0.0835. The standard InChI is InChI=1S/C14H15IN3O2/c1-9-8-10-11(4-3-5-12(10)18(9)15-2)17-7-6-13(19)16-14(17)20/h3-5,8H,6-7H2,1-2H3,(H,16,19,20)/q-1. The molecule has 20 heavy (non-hydrogen) atoms. The fourth-order valence-electron chi connectivity index (χ4n) is 2.57. The van der Waals surface area contributed by atoms with Crippen LogP contribution < -0.4 is 31.7 Å². The third kappa shape index (κ3) is 2.07. The molecule has 1 saturated heterocycles. The molecule has 1 aromatic heterocycles. The Labute approximate surface area is 127 Å². The van der Waals surface area contributed by atoms with Gasteiger partial charge in [-0.1, -0.05) is 0 Å². The molecular weight excluding hydrogens is 369 g/mol. The molecule has 1 fully saturated rings. The van der Waals surface area contributed by atoms with Crippen molar-refractivity contribution in [3.8, 4) is 0 Å². The number of anilines is 1. The van der Waals surface area contributed by atoms with Crippen molar-refractivity contribution in [2.24, 2.45) is 0 Å². The van der Waals surface area contributed by atoms with Gasteiger partial charge in [-0.25, -0.2) is 0 Å². The molecule has 1 N–H and O–H groups in total. The molecule has 106 valence electrons. The number of hydrogen-bond donors (Lipinski definition) is 1. The van der Waals surface area contributed by atoms with Crippen LogP contribution in [0.25, 0.3) is 10.9 Å². The molecule has 0 aliphatic carbocycles. The van der Waals surface area contributed by atoms with Gasteiger partial charge in [-0.2, -0.15) is 0 Å². The van der Waals surface area contributed by atoms with Gasteiger partial charge >= 0.3 is 127 Å². The molecule has 3 amide bonds. The number of imide groups is 1. The van der Waals surface area contributed by atoms with Gasteiger partial charge in [0.05, 0.1) is 0 Å². The minimum absolute atomic E-state index is 0.0835. The molecule has 1 aliphatic heterocycles. The van der Waals surface area contributed by atoms with Crippen LogP contribution in [0.5, 0.6) is 0 Å². The number of benzene rings is 1. The average Bonchev–Trinajstić information content (AvgIpc) is 2.74. The van der Waals surface area contributed by atoms with E-state index in [2.05, 4.69) is 32.1 Å². The number of carbonyl (C=O) groups excluding carboxylic acids is 2. The van der Waals surface area contributed by atoms with Gasteiger partial charge in [0.25, 0.3) is 0 Å². The van der Waals surface area contributed by atoms with Crippen LogP contribution in [0.1, 0.15) is 12.1 Å². The molecule has 0 radical (unpaired) electrons. The van der Waals surface area contributed by atoms with Gasteiger partial charge < -0.3 is 0 Å². The first kappa shape index (κ1) is 13.4. The van der Waals surface area contributed by atoms with E-state index in [9.17, 15) is 9.59 Å². The van der Waals surface area contributed by atoms with Crippen LogP contribution in [0.15, 0.2) is 24.3 Å². The molecule has 3 rings (SSSR count). The zero-order chi connectivity index (χ0) is 14.3. The molecule has 1 aromatic carbocycles. The summed E-state index contributed by atoms with van der Waals surface area (Å²) in [7, 11) is 0. The summed E-state index contributed by atoms with van der Waals surface area (Å²) in [5, 5.41) is 3.46. The van der Waals surface area contributed by atoms with Crippen LogP contribution in [-0.2, 0) is 4.79 Å². The number of carbonyl (C=O) groups is 2. The second kappa shape index (κ2) is 5.08. The Hall–Kier alpha value is -1.57. The number of aryl methyl sites for hydroxylation is 1. The quantitative estimate of drug-likeness (QED) is 0.527. The van der Waals surface area contributed by atoms with Gasteiger partial charge in [-0.3, -0.25) is 0 Å². The molecule has 0 unspecified atom stereocenters. The normalized spacial score (nSPS) is 16.0. The number of rotatable bonds is 2. The van der Waals surface area contributed by atoms with E-state index in [4.69, 9.17) is 0 Å². The van der Waals surface area contributed by atoms with Crippen molar-refractivity contribution in [3.05, 3.63) is 30.0 Å². The number of amides is 3. The number of aromatic nitrogens is 1. The van der Waals surface area contributed by atoms with E-state index in [0.717, 1.165) is 11.1 Å². The van der Waals surface area contributed by atoms with Crippen LogP contribution in [-0.4, -0.2) is 26.2 Å². The van der Waals surface area contributed by atoms with Crippen molar-refractivity contribution in [2.45, 2.75) is 13.3 Å². The molecular formula is C14H15IN3O2-. The molecule has 1 aliphatic rings. The number of alkyl halides is 1. The first-order chi connectivity index (χ1) is 9.61. The van der Waals surface area contributed by atoms with Gasteiger partial charge in [0.2, 0.25) is 0 Å². The van der Waals surface area contributed by atoms with Crippen LogP contribution in [0, 0.1) is 6.92 Å². The van der Waals surface area contributed by atoms with Gasteiger partial charge in [0, 0.05) is 0 Å². The Balaban J connectivity index is 2.12. The summed E-state index contributed by atoms with van der Waals surface area (Å²) in [6.45, 7) is 2.53. The Morgan fingerprint density at radius 2 is 2.10 bits per heavy atom. The number of nitrogens with zero attached hydrogens (tertiary/aromatic N) is 2. The van der Waals surface area contributed by atoms with Crippen molar-refractivity contribution < 1.29 is 31.1 Å². The predicted octanol–water partition coefficient (Wildman–Crippen LogP) is -1.12. The Kier molecular flexibility index (Phi) is 3.41. The zero-order valence-electron chi connectivity index (χ0n) is 11.3. The Morgan fingerprint density at radius 1 is 1.30 bits per heavy atom. The second-order valence-corrected chi connectivity index (χ2v) is 6.63. The first-order valence-corrected chi connectivity index (χ1v) is 9.46. The Bertz CT molecular complexity index is 708. The fraction of sp³-hybridized carbons (Fsp3) is 0.286. The van der Waals surface area contributed by atoms with E-state index < -0.39 is 0 Å². The van der Waals surface area contributed by atoms with Crippen molar-refractivity contribution in [1.29, 1.82) is 0 Å². The van der Waals surface area contributed by atoms with Crippen LogP contribution in [0.2, 0.25) is 0 Å². The molecule has 2 heterocycles. The predicted molar refractivity (Wildman–Crippen MR) is 73.5 cm³/mol. The van der Waals surface area contributed by atoms with Crippen LogP contribution in [0.3, 0.4) is 0 Å². The third-order valence-corrected chi connectivity index (χ3v) is 5.69. The summed E-state index contributed by atoms with van der Waals surface area (Å²) in [5.41, 5.74) is 3.27. The summed E-state index contributed by atoms with van der Waals surface area (Å²) < 4.78 is 2.32. The molecule has 5 nitrogen and oxygen atoms in total. The molecule has 0 saturated carbocycles. The summed E-state index contributed by atoms with van der Waals surface area (Å²) in [5.74, 6) is -0.202. The zero-order valence-corrected chi connectivity index (χ0v) is 13.5. The average molecular weight is 384 g/mol. The number of hydrogen-bond acceptors (Lipinski definition) is 2. The fourth-order valence-corrected chi connectivity index (χ4v) is 4.41. The molecule has 2 aromatic rings. The van der Waals surface area contributed by atoms with Gasteiger partial charge in [0.15, 0.2) is 0 Å². The maximum atomic E-state index is 12.0. The molecule has 0 spiro atoms. The Morgan fingerprint density at radius 3 is 2.80 bits per heavy atom. The summed E-state index contributed by atoms with van der Waals surface area (Å²) in [4.78, 5) is 27.1. The van der Waals surface area contributed by atoms with Crippen molar-refractivity contribution >= 4 is 28.5 Å². The van der Waals surface area contributed by atoms with Gasteiger partial charge in [0.1, 0.15) is 0 Å². The number of fused-ring (bicyclic) bond motifs is 1. The van der Waals surface area contributed by atoms with Crippen molar-refractivity contribution in [3.63, 3.8) is 0 Å². The van der Waals surface area contributed by atoms with Gasteiger partial charge in [-0.15, -0.1) is 0 Å². The maximum absolute atomic E-state index is 12.0. The van der Waals surface area contributed by atoms with E-state index in [1.54, 1.807) is 4.90 Å². The third-order valence-electron chi connectivity index (χ3n) is 3.45. The minimum atomic E-state index is -0.328. The monoisotopic (exact) mass is 384 g/mol. The SMILES string of the molecule is C[I-]n1c(C)cc2c(N3CCC(=O)NC3=O)cccc21. The number of urea groups is 1. The van der Waals surface area contributed by atoms with E-state index in [-0.39, 0.29) is 33.4 Å². The van der Waals surface area contributed by atoms with Crippen LogP contribution in [0.4, 0.5) is 10.5 Å². The molecule has 6 heteroatoms. The van der Waals surface area contributed by atoms with Crippen molar-refractivity contribution in [2.75, 3.05) is 16.4 Å². The summed E-state index contributed by atoms with van der Waals surface area (Å²) in [6.07, 6.45) is 0.350. The molecule has 0 bridgehead atoms. The first-order valence-electron chi connectivity index (χ1n) is 6.34. The van der Waals surface area contributed by atoms with Crippen LogP contribution >= 0.6 is 0 Å². The van der Waals surface area contributed by atoms with E-state index in [1.165, 1.54) is 11.2 Å². The van der Waals surface area contributed by atoms with E-state index in [0.29, 0.717) is 13.0 Å². The van der Waals surface area contributed by atoms with Crippen molar-refractivity contribution in [1.82, 2.24) is 8.10 Å². The summed E-state index contributed by atoms with van der Waals surface area (Å²) in [6, 6.07) is 7.79. The van der Waals surface area contributed by atoms with E-state index in [1.807, 2.05) is 12.1 Å². The molecule has 0 atom stereocenters. The number of nitrogens with one attached hydrogen (secondary N) is 1. The topological polar surface area (TPSA) is 54.3 Å². The van der Waals surface area contributed by atoms with E-state index >= 15 is 0 Å². The van der Waals surface area contributed by atoms with Gasteiger partial charge in [-0.05, 0) is 0 Å².